The summed E-state index contributed by atoms with van der Waals surface area (Å²) >= 11 is 4.87. The van der Waals surface area contributed by atoms with Gasteiger partial charge in [-0.3, -0.25) is 0 Å². The van der Waals surface area contributed by atoms with Crippen molar-refractivity contribution in [2.24, 2.45) is 5.73 Å². The van der Waals surface area contributed by atoms with Gasteiger partial charge < -0.3 is 15.1 Å². The van der Waals surface area contributed by atoms with Gasteiger partial charge in [-0.1, -0.05) is 12.2 Å². The number of nitrogens with zero attached hydrogens (tertiary/aromatic N) is 3. The largest absolute Gasteiger partial charge is 0.467 e. The highest BCUT2D eigenvalue weighted by Crippen LogP contribution is 2.10. The Morgan fingerprint density at radius 1 is 1.53 bits per heavy atom. The van der Waals surface area contributed by atoms with Crippen molar-refractivity contribution in [3.63, 3.8) is 0 Å². The molecule has 5 nitrogen and oxygen atoms in total. The highest BCUT2D eigenvalue weighted by atomic mass is 32.1. The van der Waals surface area contributed by atoms with Gasteiger partial charge in [0.05, 0.1) is 12.8 Å². The summed E-state index contributed by atoms with van der Waals surface area (Å²) < 4.78 is 5.26. The van der Waals surface area contributed by atoms with E-state index in [2.05, 4.69) is 9.97 Å². The average molecular weight is 248 g/mol. The third-order valence-corrected chi connectivity index (χ3v) is 2.42. The number of hydrogen-bond acceptors (Lipinski definition) is 5. The van der Waals surface area contributed by atoms with Gasteiger partial charge in [0.1, 0.15) is 16.4 Å². The zero-order valence-electron chi connectivity index (χ0n) is 9.33. The van der Waals surface area contributed by atoms with Crippen LogP contribution in [0.25, 0.3) is 0 Å². The molecule has 0 bridgehead atoms. The average Bonchev–Trinajstić information content (AvgIpc) is 2.82. The Bertz CT molecular complexity index is 512. The first kappa shape index (κ1) is 11.5. The molecule has 2 N–H and O–H groups in total. The summed E-state index contributed by atoms with van der Waals surface area (Å²) in [6.45, 7) is 0.591. The minimum Gasteiger partial charge on any atom is -0.467 e. The second-order valence-corrected chi connectivity index (χ2v) is 3.98. The lowest BCUT2D eigenvalue weighted by atomic mass is 10.4. The molecule has 0 atom stereocenters. The van der Waals surface area contributed by atoms with Crippen molar-refractivity contribution in [1.82, 2.24) is 9.97 Å². The van der Waals surface area contributed by atoms with E-state index < -0.39 is 0 Å². The lowest BCUT2D eigenvalue weighted by molar-refractivity contribution is 0.506. The van der Waals surface area contributed by atoms with E-state index >= 15 is 0 Å². The quantitative estimate of drug-likeness (QED) is 0.823. The van der Waals surface area contributed by atoms with E-state index in [0.29, 0.717) is 18.2 Å². The summed E-state index contributed by atoms with van der Waals surface area (Å²) in [6, 6.07) is 5.43. The molecule has 0 fully saturated rings. The first-order valence-corrected chi connectivity index (χ1v) is 5.44. The summed E-state index contributed by atoms with van der Waals surface area (Å²) in [7, 11) is 1.88. The number of anilines is 1. The topological polar surface area (TPSA) is 68.2 Å². The lowest BCUT2D eigenvalue weighted by Gasteiger charge is -2.15. The monoisotopic (exact) mass is 248 g/mol. The smallest absolute Gasteiger partial charge is 0.226 e. The normalized spacial score (nSPS) is 10.2. The molecule has 0 aliphatic carbocycles. The van der Waals surface area contributed by atoms with Crippen LogP contribution in [0.15, 0.2) is 35.1 Å². The van der Waals surface area contributed by atoms with Crippen molar-refractivity contribution in [3.8, 4) is 0 Å². The van der Waals surface area contributed by atoms with Crippen LogP contribution in [0, 0.1) is 0 Å². The minimum absolute atomic E-state index is 0.264. The molecule has 0 spiro atoms. The van der Waals surface area contributed by atoms with E-state index in [1.165, 1.54) is 0 Å². The molecule has 0 aromatic carbocycles. The molecule has 2 rings (SSSR count). The van der Waals surface area contributed by atoms with Crippen molar-refractivity contribution in [2.75, 3.05) is 11.9 Å². The maximum Gasteiger partial charge on any atom is 0.226 e. The Morgan fingerprint density at radius 3 is 3.00 bits per heavy atom. The van der Waals surface area contributed by atoms with E-state index in [1.807, 2.05) is 24.1 Å². The van der Waals surface area contributed by atoms with Crippen molar-refractivity contribution in [1.29, 1.82) is 0 Å². The van der Waals surface area contributed by atoms with Crippen LogP contribution in [0.2, 0.25) is 0 Å². The lowest BCUT2D eigenvalue weighted by Crippen LogP contribution is -2.21. The van der Waals surface area contributed by atoms with Crippen LogP contribution in [-0.2, 0) is 6.54 Å². The molecule has 88 valence electrons. The fourth-order valence-corrected chi connectivity index (χ4v) is 1.49. The molecule has 2 heterocycles. The predicted octanol–water partition coefficient (Wildman–Crippen LogP) is 1.34. The number of thiocarbonyl (C=S) groups is 1. The van der Waals surface area contributed by atoms with Crippen molar-refractivity contribution < 1.29 is 4.42 Å². The highest BCUT2D eigenvalue weighted by Gasteiger charge is 2.08. The summed E-state index contributed by atoms with van der Waals surface area (Å²) in [5.41, 5.74) is 6.09. The Labute approximate surface area is 104 Å². The Morgan fingerprint density at radius 2 is 2.35 bits per heavy atom. The third kappa shape index (κ3) is 2.79. The molecule has 0 aliphatic rings. The molecule has 0 amide bonds. The molecule has 0 radical (unpaired) electrons. The molecule has 0 saturated heterocycles. The van der Waals surface area contributed by atoms with E-state index in [1.54, 1.807) is 18.5 Å². The number of nitrogens with two attached hydrogens (primary N) is 1. The van der Waals surface area contributed by atoms with Crippen LogP contribution >= 0.6 is 12.2 Å². The van der Waals surface area contributed by atoms with Crippen molar-refractivity contribution in [2.45, 2.75) is 6.54 Å². The van der Waals surface area contributed by atoms with Gasteiger partial charge in [-0.25, -0.2) is 9.97 Å². The van der Waals surface area contributed by atoms with Gasteiger partial charge >= 0.3 is 0 Å². The first-order valence-electron chi connectivity index (χ1n) is 5.03. The predicted molar refractivity (Wildman–Crippen MR) is 68.7 cm³/mol. The van der Waals surface area contributed by atoms with E-state index in [0.717, 1.165) is 5.76 Å². The van der Waals surface area contributed by atoms with E-state index in [4.69, 9.17) is 22.4 Å². The standard InChI is InChI=1S/C11H12N4OS/c1-15(7-8-3-2-6-16-8)11-13-5-4-9(14-11)10(12)17/h2-6H,7H2,1H3,(H2,12,17). The summed E-state index contributed by atoms with van der Waals surface area (Å²) in [4.78, 5) is 10.5. The fourth-order valence-electron chi connectivity index (χ4n) is 1.38. The molecule has 2 aromatic rings. The second-order valence-electron chi connectivity index (χ2n) is 3.54. The molecule has 2 aromatic heterocycles. The second kappa shape index (κ2) is 4.92. The van der Waals surface area contributed by atoms with Crippen molar-refractivity contribution in [3.05, 3.63) is 42.1 Å². The van der Waals surface area contributed by atoms with Crippen LogP contribution in [0.5, 0.6) is 0 Å². The van der Waals surface area contributed by atoms with Crippen molar-refractivity contribution >= 4 is 23.2 Å². The van der Waals surface area contributed by atoms with Gasteiger partial charge in [0.25, 0.3) is 0 Å². The molecule has 6 heteroatoms. The highest BCUT2D eigenvalue weighted by molar-refractivity contribution is 7.80. The first-order chi connectivity index (χ1) is 8.16. The molecule has 0 aliphatic heterocycles. The summed E-state index contributed by atoms with van der Waals surface area (Å²) in [5, 5.41) is 0. The SMILES string of the molecule is CN(Cc1ccco1)c1nccc(C(N)=S)n1. The van der Waals surface area contributed by atoms with Crippen LogP contribution in [0.1, 0.15) is 11.5 Å². The maximum absolute atomic E-state index is 5.52. The number of aromatic nitrogens is 2. The van der Waals surface area contributed by atoms with Gasteiger partial charge in [0.15, 0.2) is 0 Å². The van der Waals surface area contributed by atoms with Crippen LogP contribution in [0.3, 0.4) is 0 Å². The van der Waals surface area contributed by atoms with E-state index in [9.17, 15) is 0 Å². The van der Waals surface area contributed by atoms with Gasteiger partial charge in [-0.15, -0.1) is 0 Å². The molecule has 17 heavy (non-hydrogen) atoms. The van der Waals surface area contributed by atoms with Gasteiger partial charge in [0, 0.05) is 13.2 Å². The molecular weight excluding hydrogens is 236 g/mol. The minimum atomic E-state index is 0.264. The third-order valence-electron chi connectivity index (χ3n) is 2.21. The van der Waals surface area contributed by atoms with Gasteiger partial charge in [0.2, 0.25) is 5.95 Å². The number of hydrogen-bond donors (Lipinski definition) is 1. The molecule has 0 saturated carbocycles. The Balaban J connectivity index is 2.16. The van der Waals surface area contributed by atoms with Crippen LogP contribution in [-0.4, -0.2) is 22.0 Å². The van der Waals surface area contributed by atoms with Gasteiger partial charge in [-0.2, -0.15) is 0 Å². The zero-order valence-corrected chi connectivity index (χ0v) is 10.1. The van der Waals surface area contributed by atoms with Crippen LogP contribution < -0.4 is 10.6 Å². The summed E-state index contributed by atoms with van der Waals surface area (Å²) in [6.07, 6.45) is 3.27. The molecule has 0 unspecified atom stereocenters. The fraction of sp³-hybridized carbons (Fsp3) is 0.182. The number of furan rings is 1. The Kier molecular flexibility index (Phi) is 3.34. The maximum atomic E-state index is 5.52. The van der Waals surface area contributed by atoms with E-state index in [-0.39, 0.29) is 4.99 Å². The molecular formula is C11H12N4OS. The van der Waals surface area contributed by atoms with Crippen LogP contribution in [0.4, 0.5) is 5.95 Å². The summed E-state index contributed by atoms with van der Waals surface area (Å²) in [5.74, 6) is 1.41. The number of rotatable bonds is 4. The van der Waals surface area contributed by atoms with Gasteiger partial charge in [-0.05, 0) is 18.2 Å². The zero-order chi connectivity index (χ0) is 12.3. The Hall–Kier alpha value is -1.95.